The lowest BCUT2D eigenvalue weighted by atomic mass is 10.1. The van der Waals surface area contributed by atoms with E-state index >= 15 is 0 Å². The molecule has 116 valence electrons. The van der Waals surface area contributed by atoms with E-state index in [4.69, 9.17) is 0 Å². The molecule has 0 aromatic heterocycles. The van der Waals surface area contributed by atoms with E-state index in [0.29, 0.717) is 5.69 Å². The van der Waals surface area contributed by atoms with Crippen molar-refractivity contribution in [3.63, 3.8) is 0 Å². The molecule has 0 radical (unpaired) electrons. The molecule has 0 spiro atoms. The zero-order valence-electron chi connectivity index (χ0n) is 12.1. The van der Waals surface area contributed by atoms with Gasteiger partial charge < -0.3 is 0 Å². The number of hydrogen-bond donors (Lipinski definition) is 1. The largest absolute Gasteiger partial charge is 0.280 e. The van der Waals surface area contributed by atoms with Crippen molar-refractivity contribution < 1.29 is 8.42 Å². The molecule has 0 atom stereocenters. The van der Waals surface area contributed by atoms with E-state index in [1.54, 1.807) is 24.3 Å². The molecule has 23 heavy (non-hydrogen) atoms. The first-order valence-corrected chi connectivity index (χ1v) is 9.55. The fraction of sp³-hybridized carbons (Fsp3) is 0. The SMILES string of the molecule is O=S(=O)(Nc1ccc(I)cc1)c1ccc(-c2ccccc2)cc1. The van der Waals surface area contributed by atoms with Gasteiger partial charge in [-0.3, -0.25) is 4.72 Å². The smallest absolute Gasteiger partial charge is 0.261 e. The van der Waals surface area contributed by atoms with Gasteiger partial charge in [-0.2, -0.15) is 0 Å². The minimum atomic E-state index is -3.58. The van der Waals surface area contributed by atoms with E-state index in [0.717, 1.165) is 14.7 Å². The Hall–Kier alpha value is -1.86. The van der Waals surface area contributed by atoms with Gasteiger partial charge in [-0.15, -0.1) is 0 Å². The lowest BCUT2D eigenvalue weighted by molar-refractivity contribution is 0.601. The second kappa shape index (κ2) is 6.72. The maximum Gasteiger partial charge on any atom is 0.261 e. The number of hydrogen-bond acceptors (Lipinski definition) is 2. The fourth-order valence-electron chi connectivity index (χ4n) is 2.19. The Labute approximate surface area is 149 Å². The summed E-state index contributed by atoms with van der Waals surface area (Å²) in [5.74, 6) is 0. The van der Waals surface area contributed by atoms with Gasteiger partial charge >= 0.3 is 0 Å². The highest BCUT2D eigenvalue weighted by molar-refractivity contribution is 14.1. The van der Waals surface area contributed by atoms with Crippen LogP contribution in [-0.2, 0) is 10.0 Å². The molecule has 0 aliphatic heterocycles. The Balaban J connectivity index is 1.84. The molecule has 0 saturated heterocycles. The van der Waals surface area contributed by atoms with Crippen molar-refractivity contribution >= 4 is 38.3 Å². The Morgan fingerprint density at radius 2 is 1.26 bits per heavy atom. The Kier molecular flexibility index (Phi) is 4.68. The predicted octanol–water partition coefficient (Wildman–Crippen LogP) is 4.76. The summed E-state index contributed by atoms with van der Waals surface area (Å²) in [5, 5.41) is 0. The summed E-state index contributed by atoms with van der Waals surface area (Å²) < 4.78 is 28.5. The van der Waals surface area contributed by atoms with Crippen LogP contribution in [0.25, 0.3) is 11.1 Å². The summed E-state index contributed by atoms with van der Waals surface area (Å²) in [6.45, 7) is 0. The van der Waals surface area contributed by atoms with Crippen LogP contribution in [-0.4, -0.2) is 8.42 Å². The summed E-state index contributed by atoms with van der Waals surface area (Å²) >= 11 is 2.18. The molecule has 1 N–H and O–H groups in total. The zero-order chi connectivity index (χ0) is 16.3. The van der Waals surface area contributed by atoms with Crippen molar-refractivity contribution in [3.05, 3.63) is 82.4 Å². The molecule has 3 rings (SSSR count). The first-order valence-electron chi connectivity index (χ1n) is 6.98. The minimum absolute atomic E-state index is 0.246. The quantitative estimate of drug-likeness (QED) is 0.601. The average molecular weight is 435 g/mol. The number of rotatable bonds is 4. The highest BCUT2D eigenvalue weighted by atomic mass is 127. The molecule has 0 saturated carbocycles. The lowest BCUT2D eigenvalue weighted by Crippen LogP contribution is -2.12. The van der Waals surface area contributed by atoms with Crippen molar-refractivity contribution in [3.8, 4) is 11.1 Å². The predicted molar refractivity (Wildman–Crippen MR) is 102 cm³/mol. The van der Waals surface area contributed by atoms with Gasteiger partial charge in [0, 0.05) is 9.26 Å². The first kappa shape index (κ1) is 16.0. The molecule has 3 aromatic carbocycles. The van der Waals surface area contributed by atoms with Crippen LogP contribution in [0.15, 0.2) is 83.8 Å². The summed E-state index contributed by atoms with van der Waals surface area (Å²) in [4.78, 5) is 0.246. The third kappa shape index (κ3) is 3.92. The lowest BCUT2D eigenvalue weighted by Gasteiger charge is -2.09. The van der Waals surface area contributed by atoms with Crippen LogP contribution in [0.4, 0.5) is 5.69 Å². The number of halogens is 1. The summed E-state index contributed by atoms with van der Waals surface area (Å²) in [5.41, 5.74) is 2.60. The van der Waals surface area contributed by atoms with Crippen LogP contribution in [0.1, 0.15) is 0 Å². The van der Waals surface area contributed by atoms with Gasteiger partial charge in [0.15, 0.2) is 0 Å². The normalized spacial score (nSPS) is 11.2. The zero-order valence-corrected chi connectivity index (χ0v) is 15.1. The molecule has 0 aliphatic rings. The van der Waals surface area contributed by atoms with Crippen molar-refractivity contribution in [1.29, 1.82) is 0 Å². The van der Waals surface area contributed by atoms with Crippen molar-refractivity contribution in [2.75, 3.05) is 4.72 Å². The Bertz CT molecular complexity index is 890. The van der Waals surface area contributed by atoms with E-state index in [-0.39, 0.29) is 4.90 Å². The van der Waals surface area contributed by atoms with Crippen molar-refractivity contribution in [2.24, 2.45) is 0 Å². The molecule has 3 aromatic rings. The van der Waals surface area contributed by atoms with E-state index in [1.165, 1.54) is 0 Å². The van der Waals surface area contributed by atoms with E-state index in [1.807, 2.05) is 54.6 Å². The Morgan fingerprint density at radius 1 is 0.696 bits per heavy atom. The molecule has 0 amide bonds. The van der Waals surface area contributed by atoms with Gasteiger partial charge in [-0.05, 0) is 70.1 Å². The first-order chi connectivity index (χ1) is 11.0. The third-order valence-corrected chi connectivity index (χ3v) is 5.48. The van der Waals surface area contributed by atoms with Gasteiger partial charge in [0.2, 0.25) is 0 Å². The van der Waals surface area contributed by atoms with Crippen LogP contribution in [0.3, 0.4) is 0 Å². The molecule has 0 fully saturated rings. The van der Waals surface area contributed by atoms with Crippen LogP contribution < -0.4 is 4.72 Å². The molecular formula is C18H14INO2S. The molecule has 0 aliphatic carbocycles. The maximum atomic E-state index is 12.4. The second-order valence-corrected chi connectivity index (χ2v) is 7.93. The van der Waals surface area contributed by atoms with Gasteiger partial charge in [0.25, 0.3) is 10.0 Å². The molecule has 5 heteroatoms. The van der Waals surface area contributed by atoms with Crippen LogP contribution in [0, 0.1) is 3.57 Å². The fourth-order valence-corrected chi connectivity index (χ4v) is 3.61. The van der Waals surface area contributed by atoms with Gasteiger partial charge in [-0.1, -0.05) is 42.5 Å². The average Bonchev–Trinajstić information content (AvgIpc) is 2.58. The number of anilines is 1. The second-order valence-electron chi connectivity index (χ2n) is 5.00. The topological polar surface area (TPSA) is 46.2 Å². The highest BCUT2D eigenvalue weighted by Gasteiger charge is 2.14. The number of nitrogens with one attached hydrogen (secondary N) is 1. The van der Waals surface area contributed by atoms with E-state index in [2.05, 4.69) is 27.3 Å². The summed E-state index contributed by atoms with van der Waals surface area (Å²) in [7, 11) is -3.58. The maximum absolute atomic E-state index is 12.4. The van der Waals surface area contributed by atoms with Gasteiger partial charge in [-0.25, -0.2) is 8.42 Å². The van der Waals surface area contributed by atoms with Gasteiger partial charge in [0.05, 0.1) is 4.90 Å². The standard InChI is InChI=1S/C18H14INO2S/c19-16-8-10-17(11-9-16)20-23(21,22)18-12-6-15(7-13-18)14-4-2-1-3-5-14/h1-13,20H. The van der Waals surface area contributed by atoms with Crippen molar-refractivity contribution in [2.45, 2.75) is 4.90 Å². The number of benzene rings is 3. The van der Waals surface area contributed by atoms with Crippen molar-refractivity contribution in [1.82, 2.24) is 0 Å². The van der Waals surface area contributed by atoms with Crippen LogP contribution >= 0.6 is 22.6 Å². The van der Waals surface area contributed by atoms with E-state index < -0.39 is 10.0 Å². The van der Waals surface area contributed by atoms with E-state index in [9.17, 15) is 8.42 Å². The Morgan fingerprint density at radius 3 is 1.87 bits per heavy atom. The highest BCUT2D eigenvalue weighted by Crippen LogP contribution is 2.22. The molecule has 3 nitrogen and oxygen atoms in total. The molecular weight excluding hydrogens is 421 g/mol. The molecule has 0 bridgehead atoms. The monoisotopic (exact) mass is 435 g/mol. The van der Waals surface area contributed by atoms with Gasteiger partial charge in [0.1, 0.15) is 0 Å². The van der Waals surface area contributed by atoms with Crippen LogP contribution in [0.2, 0.25) is 0 Å². The summed E-state index contributed by atoms with van der Waals surface area (Å²) in [6.07, 6.45) is 0. The number of sulfonamides is 1. The molecule has 0 heterocycles. The summed E-state index contributed by atoms with van der Waals surface area (Å²) in [6, 6.07) is 23.9. The third-order valence-electron chi connectivity index (χ3n) is 3.37. The van der Waals surface area contributed by atoms with Crippen LogP contribution in [0.5, 0.6) is 0 Å². The molecule has 0 unspecified atom stereocenters. The minimum Gasteiger partial charge on any atom is -0.280 e.